The first kappa shape index (κ1) is 10.2. The summed E-state index contributed by atoms with van der Waals surface area (Å²) in [6.07, 6.45) is 2.79. The molecule has 0 aliphatic carbocycles. The highest BCUT2D eigenvalue weighted by Crippen LogP contribution is 2.21. The lowest BCUT2D eigenvalue weighted by molar-refractivity contribution is 0.610. The lowest BCUT2D eigenvalue weighted by atomic mass is 10.1. The van der Waals surface area contributed by atoms with Crippen molar-refractivity contribution in [3.63, 3.8) is 0 Å². The minimum absolute atomic E-state index is 0.184. The van der Waals surface area contributed by atoms with Crippen molar-refractivity contribution >= 4 is 10.9 Å². The summed E-state index contributed by atoms with van der Waals surface area (Å²) >= 11 is 0. The molecule has 2 N–H and O–H groups in total. The number of benzene rings is 1. The van der Waals surface area contributed by atoms with Crippen LogP contribution in [0.5, 0.6) is 0 Å². The van der Waals surface area contributed by atoms with Gasteiger partial charge in [-0.3, -0.25) is 0 Å². The van der Waals surface area contributed by atoms with Gasteiger partial charge >= 0.3 is 0 Å². The normalized spacial score (nSPS) is 13.3. The van der Waals surface area contributed by atoms with Crippen molar-refractivity contribution in [2.75, 3.05) is 7.05 Å². The van der Waals surface area contributed by atoms with Gasteiger partial charge in [0.1, 0.15) is 5.82 Å². The highest BCUT2D eigenvalue weighted by molar-refractivity contribution is 5.83. The van der Waals surface area contributed by atoms with Crippen LogP contribution in [-0.4, -0.2) is 18.1 Å². The number of rotatable bonds is 3. The third kappa shape index (κ3) is 1.88. The first-order valence-electron chi connectivity index (χ1n) is 5.14. The molecule has 1 aromatic carbocycles. The number of fused-ring (bicyclic) bond motifs is 1. The summed E-state index contributed by atoms with van der Waals surface area (Å²) in [5.74, 6) is -0.184. The van der Waals surface area contributed by atoms with Gasteiger partial charge in [-0.05, 0) is 32.0 Å². The van der Waals surface area contributed by atoms with Crippen LogP contribution in [0.3, 0.4) is 0 Å². The van der Waals surface area contributed by atoms with Gasteiger partial charge in [-0.1, -0.05) is 12.1 Å². The van der Waals surface area contributed by atoms with Crippen molar-refractivity contribution < 1.29 is 4.39 Å². The molecule has 0 spiro atoms. The average Bonchev–Trinajstić information content (AvgIpc) is 2.63. The van der Waals surface area contributed by atoms with Crippen LogP contribution in [0.4, 0.5) is 4.39 Å². The number of H-pyrrole nitrogens is 1. The van der Waals surface area contributed by atoms with E-state index in [1.54, 1.807) is 6.07 Å². The number of hydrogen-bond donors (Lipinski definition) is 2. The summed E-state index contributed by atoms with van der Waals surface area (Å²) in [5.41, 5.74) is 1.77. The molecule has 0 aliphatic heterocycles. The number of hydrogen-bond acceptors (Lipinski definition) is 1. The average molecular weight is 206 g/mol. The summed E-state index contributed by atoms with van der Waals surface area (Å²) in [7, 11) is 1.93. The largest absolute Gasteiger partial charge is 0.359 e. The summed E-state index contributed by atoms with van der Waals surface area (Å²) in [6, 6.07) is 5.57. The Balaban J connectivity index is 2.41. The second-order valence-electron chi connectivity index (χ2n) is 3.87. The van der Waals surface area contributed by atoms with Crippen LogP contribution < -0.4 is 5.32 Å². The molecule has 1 unspecified atom stereocenters. The smallest absolute Gasteiger partial charge is 0.147 e. The molecule has 2 nitrogen and oxygen atoms in total. The van der Waals surface area contributed by atoms with Gasteiger partial charge < -0.3 is 10.3 Å². The molecule has 0 fully saturated rings. The Morgan fingerprint density at radius 3 is 3.00 bits per heavy atom. The van der Waals surface area contributed by atoms with Gasteiger partial charge in [0.25, 0.3) is 0 Å². The fraction of sp³-hybridized carbons (Fsp3) is 0.333. The molecule has 0 radical (unpaired) electrons. The molecule has 3 heteroatoms. The Morgan fingerprint density at radius 2 is 2.27 bits per heavy atom. The molecular formula is C12H15FN2. The van der Waals surface area contributed by atoms with Crippen LogP contribution in [0.25, 0.3) is 10.9 Å². The van der Waals surface area contributed by atoms with Crippen molar-refractivity contribution in [3.8, 4) is 0 Å². The molecule has 1 aromatic heterocycles. The zero-order valence-corrected chi connectivity index (χ0v) is 8.97. The van der Waals surface area contributed by atoms with Crippen LogP contribution in [0.2, 0.25) is 0 Å². The molecule has 0 aliphatic rings. The summed E-state index contributed by atoms with van der Waals surface area (Å²) < 4.78 is 13.4. The number of nitrogens with one attached hydrogen (secondary N) is 2. The minimum atomic E-state index is -0.184. The van der Waals surface area contributed by atoms with E-state index in [1.807, 2.05) is 19.3 Å². The van der Waals surface area contributed by atoms with E-state index in [9.17, 15) is 4.39 Å². The van der Waals surface area contributed by atoms with Gasteiger partial charge in [0.15, 0.2) is 0 Å². The molecule has 2 aromatic rings. The van der Waals surface area contributed by atoms with Crippen molar-refractivity contribution in [3.05, 3.63) is 35.8 Å². The van der Waals surface area contributed by atoms with Crippen molar-refractivity contribution in [1.82, 2.24) is 10.3 Å². The summed E-state index contributed by atoms with van der Waals surface area (Å²) in [5, 5.41) is 4.16. The van der Waals surface area contributed by atoms with Crippen molar-refractivity contribution in [2.24, 2.45) is 0 Å². The molecule has 80 valence electrons. The molecular weight excluding hydrogens is 191 g/mol. The molecule has 1 atom stereocenters. The fourth-order valence-electron chi connectivity index (χ4n) is 1.78. The third-order valence-corrected chi connectivity index (χ3v) is 2.77. The van der Waals surface area contributed by atoms with E-state index in [0.29, 0.717) is 11.6 Å². The minimum Gasteiger partial charge on any atom is -0.359 e. The standard InChI is InChI=1S/C12H15FN2/c1-8(14-2)6-9-7-15-12-10(9)4-3-5-11(12)13/h3-5,7-8,14-15H,6H2,1-2H3. The fourth-order valence-corrected chi connectivity index (χ4v) is 1.78. The van der Waals surface area contributed by atoms with E-state index < -0.39 is 0 Å². The van der Waals surface area contributed by atoms with Crippen LogP contribution in [-0.2, 0) is 6.42 Å². The van der Waals surface area contributed by atoms with Gasteiger partial charge in [-0.25, -0.2) is 4.39 Å². The Morgan fingerprint density at radius 1 is 1.47 bits per heavy atom. The van der Waals surface area contributed by atoms with Crippen LogP contribution >= 0.6 is 0 Å². The predicted molar refractivity (Wildman–Crippen MR) is 60.5 cm³/mol. The first-order valence-corrected chi connectivity index (χ1v) is 5.14. The maximum atomic E-state index is 13.4. The maximum Gasteiger partial charge on any atom is 0.147 e. The first-order chi connectivity index (χ1) is 7.22. The zero-order valence-electron chi connectivity index (χ0n) is 8.97. The monoisotopic (exact) mass is 206 g/mol. The van der Waals surface area contributed by atoms with E-state index >= 15 is 0 Å². The topological polar surface area (TPSA) is 27.8 Å². The lowest BCUT2D eigenvalue weighted by Crippen LogP contribution is -2.23. The van der Waals surface area contributed by atoms with Gasteiger partial charge in [-0.2, -0.15) is 0 Å². The van der Waals surface area contributed by atoms with Gasteiger partial charge in [0.05, 0.1) is 5.52 Å². The predicted octanol–water partition coefficient (Wildman–Crippen LogP) is 2.46. The van der Waals surface area contributed by atoms with Crippen LogP contribution in [0.15, 0.2) is 24.4 Å². The molecule has 0 bridgehead atoms. The second-order valence-corrected chi connectivity index (χ2v) is 3.87. The zero-order chi connectivity index (χ0) is 10.8. The van der Waals surface area contributed by atoms with Gasteiger partial charge in [0.2, 0.25) is 0 Å². The number of likely N-dealkylation sites (N-methyl/N-ethyl adjacent to an activating group) is 1. The Hall–Kier alpha value is -1.35. The lowest BCUT2D eigenvalue weighted by Gasteiger charge is -2.08. The van der Waals surface area contributed by atoms with Crippen LogP contribution in [0.1, 0.15) is 12.5 Å². The molecule has 0 saturated carbocycles. The molecule has 15 heavy (non-hydrogen) atoms. The highest BCUT2D eigenvalue weighted by Gasteiger charge is 2.09. The Bertz CT molecular complexity index is 462. The quantitative estimate of drug-likeness (QED) is 0.793. The van der Waals surface area contributed by atoms with E-state index in [0.717, 1.165) is 17.4 Å². The second kappa shape index (κ2) is 4.03. The van der Waals surface area contributed by atoms with Gasteiger partial charge in [-0.15, -0.1) is 0 Å². The van der Waals surface area contributed by atoms with E-state index in [4.69, 9.17) is 0 Å². The van der Waals surface area contributed by atoms with Crippen molar-refractivity contribution in [2.45, 2.75) is 19.4 Å². The summed E-state index contributed by atoms with van der Waals surface area (Å²) in [6.45, 7) is 2.11. The van der Waals surface area contributed by atoms with Gasteiger partial charge in [0, 0.05) is 17.6 Å². The van der Waals surface area contributed by atoms with Crippen LogP contribution in [0, 0.1) is 5.82 Å². The van der Waals surface area contributed by atoms with Crippen molar-refractivity contribution in [1.29, 1.82) is 0 Å². The third-order valence-electron chi connectivity index (χ3n) is 2.77. The molecule has 1 heterocycles. The van der Waals surface area contributed by atoms with E-state index in [-0.39, 0.29) is 5.82 Å². The Labute approximate surface area is 88.5 Å². The van der Waals surface area contributed by atoms with E-state index in [1.165, 1.54) is 6.07 Å². The molecule has 0 amide bonds. The number of aromatic nitrogens is 1. The molecule has 0 saturated heterocycles. The Kier molecular flexibility index (Phi) is 2.73. The SMILES string of the molecule is CNC(C)Cc1c[nH]c2c(F)cccc12. The molecule has 2 rings (SSSR count). The van der Waals surface area contributed by atoms with E-state index in [2.05, 4.69) is 17.2 Å². The summed E-state index contributed by atoms with van der Waals surface area (Å²) in [4.78, 5) is 2.98. The number of aromatic amines is 1. The maximum absolute atomic E-state index is 13.4. The number of halogens is 1. The number of para-hydroxylation sites is 1. The highest BCUT2D eigenvalue weighted by atomic mass is 19.1.